The molecule has 0 aliphatic carbocycles. The molecule has 140 valence electrons. The number of H-pyrrole nitrogens is 1. The smallest absolute Gasteiger partial charge is 0.224 e. The van der Waals surface area contributed by atoms with Gasteiger partial charge < -0.3 is 10.3 Å². The lowest BCUT2D eigenvalue weighted by Gasteiger charge is -2.09. The first-order chi connectivity index (χ1) is 13.8. The molecule has 4 rings (SSSR count). The zero-order valence-corrected chi connectivity index (χ0v) is 16.2. The fourth-order valence-corrected chi connectivity index (χ4v) is 3.91. The van der Waals surface area contributed by atoms with Crippen molar-refractivity contribution in [3.05, 3.63) is 78.9 Å². The topological polar surface area (TPSA) is 57.8 Å². The number of aromatic amines is 1. The van der Waals surface area contributed by atoms with E-state index >= 15 is 0 Å². The Bertz CT molecular complexity index is 1040. The molecule has 0 atom stereocenters. The molecule has 0 aliphatic heterocycles. The molecule has 0 bridgehead atoms. The van der Waals surface area contributed by atoms with Gasteiger partial charge in [0, 0.05) is 16.9 Å². The predicted molar refractivity (Wildman–Crippen MR) is 117 cm³/mol. The Morgan fingerprint density at radius 2 is 1.68 bits per heavy atom. The highest BCUT2D eigenvalue weighted by molar-refractivity contribution is 7.99. The van der Waals surface area contributed by atoms with Crippen molar-refractivity contribution in [1.82, 2.24) is 9.97 Å². The Labute approximate surface area is 168 Å². The van der Waals surface area contributed by atoms with Crippen LogP contribution >= 0.6 is 11.8 Å². The van der Waals surface area contributed by atoms with E-state index in [-0.39, 0.29) is 5.91 Å². The highest BCUT2D eigenvalue weighted by Gasteiger charge is 2.11. The average Bonchev–Trinajstić information content (AvgIpc) is 3.16. The molecule has 28 heavy (non-hydrogen) atoms. The summed E-state index contributed by atoms with van der Waals surface area (Å²) in [6.07, 6.45) is 1.33. The summed E-state index contributed by atoms with van der Waals surface area (Å²) in [7, 11) is 0. The Morgan fingerprint density at radius 3 is 2.54 bits per heavy atom. The van der Waals surface area contributed by atoms with Crippen LogP contribution in [0.2, 0.25) is 0 Å². The van der Waals surface area contributed by atoms with Crippen molar-refractivity contribution >= 4 is 34.4 Å². The second-order valence-corrected chi connectivity index (χ2v) is 7.63. The number of hydrogen-bond acceptors (Lipinski definition) is 3. The number of hydrogen-bond donors (Lipinski definition) is 2. The van der Waals surface area contributed by atoms with Gasteiger partial charge in [-0.2, -0.15) is 0 Å². The van der Waals surface area contributed by atoms with Crippen LogP contribution in [0, 0.1) is 0 Å². The molecule has 2 N–H and O–H groups in total. The first-order valence-corrected chi connectivity index (χ1v) is 10.3. The summed E-state index contributed by atoms with van der Waals surface area (Å²) in [6.45, 7) is 0. The second-order valence-electron chi connectivity index (χ2n) is 6.46. The molecule has 0 saturated heterocycles. The van der Waals surface area contributed by atoms with E-state index in [2.05, 4.69) is 27.4 Å². The first kappa shape index (κ1) is 18.3. The fourth-order valence-electron chi connectivity index (χ4n) is 3.03. The SMILES string of the molecule is O=C(CCCSc1ccccc1)Nc1ccccc1-c1nc2ccccc2[nH]1. The quantitative estimate of drug-likeness (QED) is 0.314. The molecule has 4 nitrogen and oxygen atoms in total. The number of aromatic nitrogens is 2. The van der Waals surface area contributed by atoms with E-state index in [1.807, 2.05) is 66.7 Å². The third kappa shape index (κ3) is 4.43. The van der Waals surface area contributed by atoms with Crippen molar-refractivity contribution in [2.75, 3.05) is 11.1 Å². The van der Waals surface area contributed by atoms with Crippen LogP contribution in [0.3, 0.4) is 0 Å². The van der Waals surface area contributed by atoms with Gasteiger partial charge in [0.2, 0.25) is 5.91 Å². The molecule has 1 amide bonds. The minimum absolute atomic E-state index is 0.0252. The molecule has 3 aromatic carbocycles. The van der Waals surface area contributed by atoms with Gasteiger partial charge in [0.25, 0.3) is 0 Å². The minimum atomic E-state index is 0.0252. The third-order valence-electron chi connectivity index (χ3n) is 4.41. The Kier molecular flexibility index (Phi) is 5.73. The summed E-state index contributed by atoms with van der Waals surface area (Å²) in [5, 5.41) is 3.04. The van der Waals surface area contributed by atoms with E-state index in [9.17, 15) is 4.79 Å². The molecule has 0 unspecified atom stereocenters. The maximum atomic E-state index is 12.4. The predicted octanol–water partition coefficient (Wildman–Crippen LogP) is 5.74. The van der Waals surface area contributed by atoms with Gasteiger partial charge in [-0.25, -0.2) is 4.98 Å². The third-order valence-corrected chi connectivity index (χ3v) is 5.50. The lowest BCUT2D eigenvalue weighted by molar-refractivity contribution is -0.116. The van der Waals surface area contributed by atoms with Crippen molar-refractivity contribution in [3.8, 4) is 11.4 Å². The number of imidazole rings is 1. The molecular weight excluding hydrogens is 366 g/mol. The van der Waals surface area contributed by atoms with E-state index in [4.69, 9.17) is 0 Å². The van der Waals surface area contributed by atoms with Crippen molar-refractivity contribution in [2.24, 2.45) is 0 Å². The zero-order valence-electron chi connectivity index (χ0n) is 15.4. The largest absolute Gasteiger partial charge is 0.338 e. The number of carbonyl (C=O) groups excluding carboxylic acids is 1. The van der Waals surface area contributed by atoms with E-state index in [1.54, 1.807) is 11.8 Å². The van der Waals surface area contributed by atoms with Crippen LogP contribution < -0.4 is 5.32 Å². The minimum Gasteiger partial charge on any atom is -0.338 e. The normalized spacial score (nSPS) is 10.9. The fraction of sp³-hybridized carbons (Fsp3) is 0.130. The number of amides is 1. The second kappa shape index (κ2) is 8.76. The molecule has 0 fully saturated rings. The molecule has 0 saturated carbocycles. The van der Waals surface area contributed by atoms with Gasteiger partial charge in [-0.05, 0) is 48.6 Å². The molecule has 1 heterocycles. The molecule has 0 spiro atoms. The van der Waals surface area contributed by atoms with Crippen molar-refractivity contribution < 1.29 is 4.79 Å². The molecule has 0 radical (unpaired) electrons. The highest BCUT2D eigenvalue weighted by atomic mass is 32.2. The summed E-state index contributed by atoms with van der Waals surface area (Å²) in [6, 6.07) is 25.9. The number of rotatable bonds is 7. The number of carbonyl (C=O) groups is 1. The van der Waals surface area contributed by atoms with Crippen molar-refractivity contribution in [2.45, 2.75) is 17.7 Å². The zero-order chi connectivity index (χ0) is 19.2. The Morgan fingerprint density at radius 1 is 0.929 bits per heavy atom. The van der Waals surface area contributed by atoms with Gasteiger partial charge in [-0.15, -0.1) is 11.8 Å². The first-order valence-electron chi connectivity index (χ1n) is 9.31. The summed E-state index contributed by atoms with van der Waals surface area (Å²) in [5.74, 6) is 1.71. The van der Waals surface area contributed by atoms with Gasteiger partial charge in [0.05, 0.1) is 16.7 Å². The summed E-state index contributed by atoms with van der Waals surface area (Å²) >= 11 is 1.78. The number of benzene rings is 3. The monoisotopic (exact) mass is 387 g/mol. The number of nitrogens with one attached hydrogen (secondary N) is 2. The van der Waals surface area contributed by atoms with E-state index in [0.29, 0.717) is 6.42 Å². The molecular formula is C23H21N3OS. The molecule has 0 aliphatic rings. The van der Waals surface area contributed by atoms with Gasteiger partial charge in [-0.1, -0.05) is 42.5 Å². The van der Waals surface area contributed by atoms with Crippen LogP contribution in [0.15, 0.2) is 83.8 Å². The van der Waals surface area contributed by atoms with E-state index in [1.165, 1.54) is 4.90 Å². The van der Waals surface area contributed by atoms with Crippen LogP contribution in [-0.2, 0) is 4.79 Å². The van der Waals surface area contributed by atoms with E-state index < -0.39 is 0 Å². The highest BCUT2D eigenvalue weighted by Crippen LogP contribution is 2.27. The average molecular weight is 388 g/mol. The van der Waals surface area contributed by atoms with Gasteiger partial charge in [0.15, 0.2) is 0 Å². The van der Waals surface area contributed by atoms with E-state index in [0.717, 1.165) is 40.3 Å². The molecule has 5 heteroatoms. The van der Waals surface area contributed by atoms with Crippen LogP contribution in [0.1, 0.15) is 12.8 Å². The molecule has 1 aromatic heterocycles. The Hall–Kier alpha value is -3.05. The number of thioether (sulfide) groups is 1. The van der Waals surface area contributed by atoms with Crippen molar-refractivity contribution in [3.63, 3.8) is 0 Å². The molecule has 4 aromatic rings. The Balaban J connectivity index is 1.39. The van der Waals surface area contributed by atoms with Crippen LogP contribution in [0.5, 0.6) is 0 Å². The number of nitrogens with zero attached hydrogens (tertiary/aromatic N) is 1. The summed E-state index contributed by atoms with van der Waals surface area (Å²) < 4.78 is 0. The lowest BCUT2D eigenvalue weighted by atomic mass is 10.1. The van der Waals surface area contributed by atoms with Gasteiger partial charge in [-0.3, -0.25) is 4.79 Å². The maximum Gasteiger partial charge on any atom is 0.224 e. The number of para-hydroxylation sites is 3. The van der Waals surface area contributed by atoms with Crippen LogP contribution in [0.4, 0.5) is 5.69 Å². The number of fused-ring (bicyclic) bond motifs is 1. The lowest BCUT2D eigenvalue weighted by Crippen LogP contribution is -2.12. The summed E-state index contributed by atoms with van der Waals surface area (Å²) in [4.78, 5) is 21.6. The number of anilines is 1. The van der Waals surface area contributed by atoms with Gasteiger partial charge in [0.1, 0.15) is 5.82 Å². The maximum absolute atomic E-state index is 12.4. The van der Waals surface area contributed by atoms with Crippen LogP contribution in [0.25, 0.3) is 22.4 Å². The standard InChI is InChI=1S/C23H21N3OS/c27-22(15-8-16-28-17-9-2-1-3-10-17)24-19-12-5-4-11-18(19)23-25-20-13-6-7-14-21(20)26-23/h1-7,9-14H,8,15-16H2,(H,24,27)(H,25,26). The summed E-state index contributed by atoms with van der Waals surface area (Å²) in [5.41, 5.74) is 3.57. The van der Waals surface area contributed by atoms with Crippen molar-refractivity contribution in [1.29, 1.82) is 0 Å². The van der Waals surface area contributed by atoms with Crippen LogP contribution in [-0.4, -0.2) is 21.6 Å². The van der Waals surface area contributed by atoms with Gasteiger partial charge >= 0.3 is 0 Å².